The summed E-state index contributed by atoms with van der Waals surface area (Å²) in [5.74, 6) is 0.408. The highest BCUT2D eigenvalue weighted by atomic mass is 19.4. The van der Waals surface area contributed by atoms with Crippen molar-refractivity contribution < 1.29 is 13.2 Å². The minimum absolute atomic E-state index is 0.166. The molecule has 84 valence electrons. The summed E-state index contributed by atoms with van der Waals surface area (Å²) in [6, 6.07) is -0.763. The highest BCUT2D eigenvalue weighted by Gasteiger charge is 2.30. The van der Waals surface area contributed by atoms with Crippen molar-refractivity contribution in [3.63, 3.8) is 0 Å². The van der Waals surface area contributed by atoms with Crippen molar-refractivity contribution in [2.45, 2.75) is 25.6 Å². The third-order valence-corrected chi connectivity index (χ3v) is 1.59. The third kappa shape index (κ3) is 4.48. The van der Waals surface area contributed by atoms with Gasteiger partial charge in [0.25, 0.3) is 0 Å². The zero-order valence-corrected chi connectivity index (χ0v) is 8.04. The molecule has 0 saturated carbocycles. The van der Waals surface area contributed by atoms with Crippen molar-refractivity contribution in [2.75, 3.05) is 11.1 Å². The minimum Gasteiger partial charge on any atom is -0.382 e. The lowest BCUT2D eigenvalue weighted by Gasteiger charge is -2.15. The molecule has 1 heterocycles. The summed E-state index contributed by atoms with van der Waals surface area (Å²) < 4.78 is 36.0. The van der Waals surface area contributed by atoms with E-state index in [-0.39, 0.29) is 11.6 Å². The molecule has 0 aromatic carbocycles. The fraction of sp³-hybridized carbons (Fsp3) is 0.500. The first-order valence-corrected chi connectivity index (χ1v) is 4.27. The second-order valence-corrected chi connectivity index (χ2v) is 3.19. The van der Waals surface area contributed by atoms with Crippen molar-refractivity contribution in [1.82, 2.24) is 9.97 Å². The second-order valence-electron chi connectivity index (χ2n) is 3.19. The van der Waals surface area contributed by atoms with Crippen LogP contribution in [-0.2, 0) is 0 Å². The summed E-state index contributed by atoms with van der Waals surface area (Å²) in [4.78, 5) is 7.48. The van der Waals surface area contributed by atoms with Crippen LogP contribution in [0, 0.1) is 0 Å². The Morgan fingerprint density at radius 2 is 2.13 bits per heavy atom. The molecule has 0 aliphatic rings. The van der Waals surface area contributed by atoms with E-state index in [0.717, 1.165) is 0 Å². The predicted octanol–water partition coefficient (Wildman–Crippen LogP) is 1.81. The Bertz CT molecular complexity index is 326. The standard InChI is InChI=1S/C8H11F3N4/c1-5(2-8(9,10)11)14-7-4-13-3-6(12)15-7/h3-5H,2H2,1H3,(H3,12,14,15). The molecule has 1 atom stereocenters. The number of nitrogens with zero attached hydrogens (tertiary/aromatic N) is 2. The Balaban J connectivity index is 2.55. The quantitative estimate of drug-likeness (QED) is 0.815. The maximum Gasteiger partial charge on any atom is 0.391 e. The summed E-state index contributed by atoms with van der Waals surface area (Å²) in [6.45, 7) is 1.42. The van der Waals surface area contributed by atoms with Crippen LogP contribution in [0.15, 0.2) is 12.4 Å². The average Bonchev–Trinajstić information content (AvgIpc) is 1.99. The molecule has 0 amide bonds. The van der Waals surface area contributed by atoms with Crippen molar-refractivity contribution in [3.05, 3.63) is 12.4 Å². The van der Waals surface area contributed by atoms with Crippen LogP contribution in [0.2, 0.25) is 0 Å². The number of aromatic nitrogens is 2. The van der Waals surface area contributed by atoms with Crippen molar-refractivity contribution >= 4 is 11.6 Å². The maximum absolute atomic E-state index is 12.0. The first-order chi connectivity index (χ1) is 6.87. The summed E-state index contributed by atoms with van der Waals surface area (Å²) in [7, 11) is 0. The molecule has 1 aromatic rings. The number of rotatable bonds is 3. The highest BCUT2D eigenvalue weighted by molar-refractivity contribution is 5.38. The number of anilines is 2. The van der Waals surface area contributed by atoms with E-state index in [1.807, 2.05) is 0 Å². The fourth-order valence-corrected chi connectivity index (χ4v) is 1.10. The van der Waals surface area contributed by atoms with Crippen molar-refractivity contribution in [1.29, 1.82) is 0 Å². The van der Waals surface area contributed by atoms with Gasteiger partial charge in [-0.15, -0.1) is 0 Å². The van der Waals surface area contributed by atoms with Gasteiger partial charge in [0.2, 0.25) is 0 Å². The molecule has 0 saturated heterocycles. The summed E-state index contributed by atoms with van der Waals surface area (Å²) in [5.41, 5.74) is 5.33. The summed E-state index contributed by atoms with van der Waals surface area (Å²) >= 11 is 0. The van der Waals surface area contributed by atoms with E-state index in [0.29, 0.717) is 0 Å². The predicted molar refractivity (Wildman–Crippen MR) is 50.2 cm³/mol. The van der Waals surface area contributed by atoms with E-state index in [1.165, 1.54) is 19.3 Å². The normalized spacial score (nSPS) is 13.6. The Morgan fingerprint density at radius 3 is 2.67 bits per heavy atom. The summed E-state index contributed by atoms with van der Waals surface area (Å²) in [6.07, 6.45) is -2.48. The van der Waals surface area contributed by atoms with E-state index >= 15 is 0 Å². The largest absolute Gasteiger partial charge is 0.391 e. The van der Waals surface area contributed by atoms with Gasteiger partial charge in [-0.2, -0.15) is 13.2 Å². The minimum atomic E-state index is -4.19. The van der Waals surface area contributed by atoms with Gasteiger partial charge in [0.1, 0.15) is 11.6 Å². The van der Waals surface area contributed by atoms with Gasteiger partial charge < -0.3 is 11.1 Å². The summed E-state index contributed by atoms with van der Waals surface area (Å²) in [5, 5.41) is 2.57. The monoisotopic (exact) mass is 220 g/mol. The van der Waals surface area contributed by atoms with E-state index in [4.69, 9.17) is 5.73 Å². The Hall–Kier alpha value is -1.53. The molecule has 15 heavy (non-hydrogen) atoms. The fourth-order valence-electron chi connectivity index (χ4n) is 1.10. The van der Waals surface area contributed by atoms with Crippen LogP contribution in [0.3, 0.4) is 0 Å². The molecule has 1 unspecified atom stereocenters. The number of nitrogens with two attached hydrogens (primary N) is 1. The van der Waals surface area contributed by atoms with Gasteiger partial charge >= 0.3 is 6.18 Å². The van der Waals surface area contributed by atoms with E-state index < -0.39 is 18.6 Å². The van der Waals surface area contributed by atoms with Crippen molar-refractivity contribution in [3.8, 4) is 0 Å². The van der Waals surface area contributed by atoms with E-state index in [9.17, 15) is 13.2 Å². The van der Waals surface area contributed by atoms with Gasteiger partial charge in [-0.05, 0) is 6.92 Å². The molecule has 0 fully saturated rings. The molecule has 0 bridgehead atoms. The lowest BCUT2D eigenvalue weighted by Crippen LogP contribution is -2.24. The Labute approximate surface area is 84.7 Å². The molecule has 1 rings (SSSR count). The van der Waals surface area contributed by atoms with Crippen LogP contribution in [0.25, 0.3) is 0 Å². The van der Waals surface area contributed by atoms with Crippen LogP contribution in [0.4, 0.5) is 24.8 Å². The van der Waals surface area contributed by atoms with Crippen LogP contribution in [0.1, 0.15) is 13.3 Å². The lowest BCUT2D eigenvalue weighted by molar-refractivity contribution is -0.136. The van der Waals surface area contributed by atoms with Gasteiger partial charge in [-0.25, -0.2) is 4.98 Å². The van der Waals surface area contributed by atoms with Crippen molar-refractivity contribution in [2.24, 2.45) is 0 Å². The molecule has 0 aliphatic carbocycles. The van der Waals surface area contributed by atoms with Crippen LogP contribution in [-0.4, -0.2) is 22.2 Å². The molecule has 0 aliphatic heterocycles. The Morgan fingerprint density at radius 1 is 1.47 bits per heavy atom. The lowest BCUT2D eigenvalue weighted by atomic mass is 10.2. The molecule has 3 N–H and O–H groups in total. The number of hydrogen-bond acceptors (Lipinski definition) is 4. The zero-order chi connectivity index (χ0) is 11.5. The van der Waals surface area contributed by atoms with Gasteiger partial charge in [0, 0.05) is 6.04 Å². The maximum atomic E-state index is 12.0. The van der Waals surface area contributed by atoms with Gasteiger partial charge in [0.05, 0.1) is 18.8 Å². The van der Waals surface area contributed by atoms with Gasteiger partial charge in [-0.3, -0.25) is 4.98 Å². The topological polar surface area (TPSA) is 63.8 Å². The Kier molecular flexibility index (Phi) is 3.33. The number of nitrogen functional groups attached to an aromatic ring is 1. The zero-order valence-electron chi connectivity index (χ0n) is 8.04. The first-order valence-electron chi connectivity index (χ1n) is 4.27. The number of nitrogens with one attached hydrogen (secondary N) is 1. The number of hydrogen-bond donors (Lipinski definition) is 2. The molecule has 0 spiro atoms. The first kappa shape index (κ1) is 11.5. The highest BCUT2D eigenvalue weighted by Crippen LogP contribution is 2.22. The molecule has 4 nitrogen and oxygen atoms in total. The molecular formula is C8H11F3N4. The average molecular weight is 220 g/mol. The van der Waals surface area contributed by atoms with E-state index in [1.54, 1.807) is 0 Å². The number of halogens is 3. The molecule has 1 aromatic heterocycles. The van der Waals surface area contributed by atoms with Crippen LogP contribution < -0.4 is 11.1 Å². The molecular weight excluding hydrogens is 209 g/mol. The smallest absolute Gasteiger partial charge is 0.382 e. The molecule has 0 radical (unpaired) electrons. The third-order valence-electron chi connectivity index (χ3n) is 1.59. The van der Waals surface area contributed by atoms with Crippen LogP contribution in [0.5, 0.6) is 0 Å². The second kappa shape index (κ2) is 4.33. The molecule has 7 heteroatoms. The SMILES string of the molecule is CC(CC(F)(F)F)Nc1cncc(N)n1. The van der Waals surface area contributed by atoms with Gasteiger partial charge in [0.15, 0.2) is 0 Å². The number of alkyl halides is 3. The van der Waals surface area contributed by atoms with E-state index in [2.05, 4.69) is 15.3 Å². The van der Waals surface area contributed by atoms with Gasteiger partial charge in [-0.1, -0.05) is 0 Å². The van der Waals surface area contributed by atoms with Crippen LogP contribution >= 0.6 is 0 Å².